The van der Waals surface area contributed by atoms with E-state index in [2.05, 4.69) is 37.8 Å². The lowest BCUT2D eigenvalue weighted by Gasteiger charge is -2.30. The number of hydrogen-bond donors (Lipinski definition) is 2. The lowest BCUT2D eigenvalue weighted by Crippen LogP contribution is -2.33. The van der Waals surface area contributed by atoms with Crippen LogP contribution in [0, 0.1) is 5.92 Å². The Bertz CT molecular complexity index is 1030. The van der Waals surface area contributed by atoms with E-state index in [4.69, 9.17) is 21.4 Å². The Morgan fingerprint density at radius 2 is 2.17 bits per heavy atom. The van der Waals surface area contributed by atoms with Crippen LogP contribution in [0.1, 0.15) is 12.8 Å². The Morgan fingerprint density at radius 1 is 1.31 bits per heavy atom. The number of fused-ring (bicyclic) bond motifs is 3. The van der Waals surface area contributed by atoms with Gasteiger partial charge in [0.25, 0.3) is 0 Å². The molecule has 9 nitrogen and oxygen atoms in total. The maximum absolute atomic E-state index is 6.08. The van der Waals surface area contributed by atoms with Crippen molar-refractivity contribution in [3.8, 4) is 17.1 Å². The number of nitrogens with one attached hydrogen (secondary N) is 2. The molecule has 0 amide bonds. The summed E-state index contributed by atoms with van der Waals surface area (Å²) in [5.41, 5.74) is 2.34. The Kier molecular flexibility index (Phi) is 4.84. The zero-order valence-corrected chi connectivity index (χ0v) is 17.0. The summed E-state index contributed by atoms with van der Waals surface area (Å²) in [6, 6.07) is 3.60. The van der Waals surface area contributed by atoms with Crippen LogP contribution in [0.25, 0.3) is 17.0 Å². The van der Waals surface area contributed by atoms with E-state index >= 15 is 0 Å². The molecule has 29 heavy (non-hydrogen) atoms. The Labute approximate surface area is 173 Å². The van der Waals surface area contributed by atoms with Crippen LogP contribution in [0.3, 0.4) is 0 Å². The molecule has 0 bridgehead atoms. The summed E-state index contributed by atoms with van der Waals surface area (Å²) in [6.07, 6.45) is 3.98. The Balaban J connectivity index is 1.58. The highest BCUT2D eigenvalue weighted by atomic mass is 35.5. The molecule has 10 heteroatoms. The minimum absolute atomic E-state index is 0.400. The van der Waals surface area contributed by atoms with Gasteiger partial charge < -0.3 is 20.3 Å². The molecule has 2 N–H and O–H groups in total. The average Bonchev–Trinajstić information content (AvgIpc) is 3.17. The van der Waals surface area contributed by atoms with Gasteiger partial charge in [-0.25, -0.2) is 4.98 Å². The van der Waals surface area contributed by atoms with E-state index in [9.17, 15) is 0 Å². The van der Waals surface area contributed by atoms with Crippen molar-refractivity contribution < 1.29 is 4.74 Å². The third kappa shape index (κ3) is 3.44. The molecule has 152 valence electrons. The first-order chi connectivity index (χ1) is 14.2. The third-order valence-corrected chi connectivity index (χ3v) is 5.75. The van der Waals surface area contributed by atoms with Crippen molar-refractivity contribution in [2.75, 3.05) is 50.1 Å². The molecule has 2 aliphatic rings. The molecule has 5 heterocycles. The lowest BCUT2D eigenvalue weighted by atomic mass is 9.98. The molecule has 1 fully saturated rings. The third-order valence-electron chi connectivity index (χ3n) is 5.54. The number of rotatable bonds is 4. The van der Waals surface area contributed by atoms with Gasteiger partial charge in [-0.1, -0.05) is 11.6 Å². The molecule has 0 atom stereocenters. The number of ether oxygens (including phenoxy) is 1. The predicted octanol–water partition coefficient (Wildman–Crippen LogP) is 2.08. The van der Waals surface area contributed by atoms with Gasteiger partial charge in [0, 0.05) is 25.4 Å². The van der Waals surface area contributed by atoms with Crippen molar-refractivity contribution in [1.29, 1.82) is 0 Å². The van der Waals surface area contributed by atoms with Gasteiger partial charge in [0.05, 0.1) is 6.54 Å². The zero-order chi connectivity index (χ0) is 19.8. The van der Waals surface area contributed by atoms with Crippen molar-refractivity contribution in [3.63, 3.8) is 0 Å². The van der Waals surface area contributed by atoms with Gasteiger partial charge in [-0.2, -0.15) is 4.52 Å². The van der Waals surface area contributed by atoms with E-state index in [1.165, 1.54) is 0 Å². The van der Waals surface area contributed by atoms with Gasteiger partial charge in [0.15, 0.2) is 17.4 Å². The van der Waals surface area contributed by atoms with Crippen molar-refractivity contribution in [2.45, 2.75) is 12.8 Å². The van der Waals surface area contributed by atoms with Crippen LogP contribution in [-0.4, -0.2) is 64.6 Å². The SMILES string of the molecule is CN1CCOc2c1c(NCC1CCNCC1)nn1c(-c3ccnc(Cl)c3)nnc21. The monoisotopic (exact) mass is 414 g/mol. The fourth-order valence-electron chi connectivity index (χ4n) is 3.93. The first-order valence-electron chi connectivity index (χ1n) is 9.90. The van der Waals surface area contributed by atoms with Gasteiger partial charge in [0.1, 0.15) is 17.4 Å². The summed E-state index contributed by atoms with van der Waals surface area (Å²) in [4.78, 5) is 6.21. The molecular formula is C19H23ClN8O. The highest BCUT2D eigenvalue weighted by molar-refractivity contribution is 6.29. The van der Waals surface area contributed by atoms with Crippen LogP contribution in [0.15, 0.2) is 18.3 Å². The van der Waals surface area contributed by atoms with Crippen LogP contribution in [0.2, 0.25) is 5.15 Å². The Morgan fingerprint density at radius 3 is 3.00 bits per heavy atom. The molecule has 0 unspecified atom stereocenters. The van der Waals surface area contributed by atoms with E-state index in [0.717, 1.165) is 56.1 Å². The van der Waals surface area contributed by atoms with Crippen molar-refractivity contribution >= 4 is 28.8 Å². The highest BCUT2D eigenvalue weighted by Crippen LogP contribution is 2.40. The van der Waals surface area contributed by atoms with Gasteiger partial charge in [-0.15, -0.1) is 15.3 Å². The second-order valence-electron chi connectivity index (χ2n) is 7.50. The fourth-order valence-corrected chi connectivity index (χ4v) is 4.10. The van der Waals surface area contributed by atoms with Crippen LogP contribution in [0.5, 0.6) is 5.75 Å². The number of pyridine rings is 1. The first-order valence-corrected chi connectivity index (χ1v) is 10.3. The molecule has 1 saturated heterocycles. The van der Waals surface area contributed by atoms with Gasteiger partial charge in [-0.05, 0) is 44.0 Å². The molecule has 3 aromatic heterocycles. The summed E-state index contributed by atoms with van der Waals surface area (Å²) in [5, 5.41) is 21.0. The maximum Gasteiger partial charge on any atom is 0.222 e. The summed E-state index contributed by atoms with van der Waals surface area (Å²) >= 11 is 6.08. The molecule has 0 spiro atoms. The summed E-state index contributed by atoms with van der Waals surface area (Å²) in [7, 11) is 2.05. The number of hydrogen-bond acceptors (Lipinski definition) is 8. The van der Waals surface area contributed by atoms with E-state index < -0.39 is 0 Å². The number of halogens is 1. The van der Waals surface area contributed by atoms with E-state index in [1.807, 2.05) is 6.07 Å². The average molecular weight is 415 g/mol. The molecule has 0 aromatic carbocycles. The van der Waals surface area contributed by atoms with Gasteiger partial charge in [-0.3, -0.25) is 0 Å². The number of piperidine rings is 1. The van der Waals surface area contributed by atoms with E-state index in [0.29, 0.717) is 34.9 Å². The molecular weight excluding hydrogens is 392 g/mol. The topological polar surface area (TPSA) is 92.5 Å². The normalized spacial score (nSPS) is 17.2. The van der Waals surface area contributed by atoms with Crippen LogP contribution in [0.4, 0.5) is 11.5 Å². The second kappa shape index (κ2) is 7.64. The largest absolute Gasteiger partial charge is 0.486 e. The van der Waals surface area contributed by atoms with E-state index in [1.54, 1.807) is 16.8 Å². The molecule has 3 aromatic rings. The number of likely N-dealkylation sites (N-methyl/N-ethyl adjacent to an activating group) is 1. The zero-order valence-electron chi connectivity index (χ0n) is 16.2. The van der Waals surface area contributed by atoms with Gasteiger partial charge >= 0.3 is 0 Å². The number of anilines is 2. The smallest absolute Gasteiger partial charge is 0.222 e. The minimum Gasteiger partial charge on any atom is -0.486 e. The molecule has 0 aliphatic carbocycles. The molecule has 5 rings (SSSR count). The predicted molar refractivity (Wildman–Crippen MR) is 112 cm³/mol. The van der Waals surface area contributed by atoms with Crippen molar-refractivity contribution in [1.82, 2.24) is 30.1 Å². The highest BCUT2D eigenvalue weighted by Gasteiger charge is 2.27. The van der Waals surface area contributed by atoms with Crippen LogP contribution < -0.4 is 20.3 Å². The number of aromatic nitrogens is 5. The molecule has 0 saturated carbocycles. The van der Waals surface area contributed by atoms with Crippen molar-refractivity contribution in [2.24, 2.45) is 5.92 Å². The fraction of sp³-hybridized carbons (Fsp3) is 0.474. The number of nitrogens with zero attached hydrogens (tertiary/aromatic N) is 6. The maximum atomic E-state index is 6.08. The standard InChI is InChI=1S/C19H23ClN8O/c1-27-8-9-29-16-15(27)17(23-11-12-2-5-21-6-3-12)26-28-18(24-25-19(16)28)13-4-7-22-14(20)10-13/h4,7,10,12,21H,2-3,5-6,8-9,11H2,1H3,(H,23,26). The van der Waals surface area contributed by atoms with Crippen LogP contribution >= 0.6 is 11.6 Å². The summed E-state index contributed by atoms with van der Waals surface area (Å²) in [5.74, 6) is 2.72. The van der Waals surface area contributed by atoms with Crippen LogP contribution in [-0.2, 0) is 0 Å². The quantitative estimate of drug-likeness (QED) is 0.627. The van der Waals surface area contributed by atoms with E-state index in [-0.39, 0.29) is 0 Å². The first kappa shape index (κ1) is 18.4. The summed E-state index contributed by atoms with van der Waals surface area (Å²) in [6.45, 7) is 4.41. The van der Waals surface area contributed by atoms with Gasteiger partial charge in [0.2, 0.25) is 5.65 Å². The summed E-state index contributed by atoms with van der Waals surface area (Å²) < 4.78 is 7.75. The second-order valence-corrected chi connectivity index (χ2v) is 7.88. The minimum atomic E-state index is 0.400. The lowest BCUT2D eigenvalue weighted by molar-refractivity contribution is 0.312. The van der Waals surface area contributed by atoms with Crippen molar-refractivity contribution in [3.05, 3.63) is 23.5 Å². The molecule has 0 radical (unpaired) electrons. The molecule has 2 aliphatic heterocycles. The Hall–Kier alpha value is -2.65.